The normalized spacial score (nSPS) is 12.2. The highest BCUT2D eigenvalue weighted by atomic mass is 32.1. The first kappa shape index (κ1) is 12.0. The van der Waals surface area contributed by atoms with Crippen LogP contribution in [0, 0.1) is 0 Å². The molecule has 0 heterocycles. The zero-order valence-electron chi connectivity index (χ0n) is 8.45. The summed E-state index contributed by atoms with van der Waals surface area (Å²) in [5.74, 6) is 0.845. The second kappa shape index (κ2) is 7.69. The van der Waals surface area contributed by atoms with Crippen molar-refractivity contribution in [1.82, 2.24) is 4.90 Å². The van der Waals surface area contributed by atoms with Gasteiger partial charge in [-0.1, -0.05) is 19.1 Å². The van der Waals surface area contributed by atoms with Crippen molar-refractivity contribution in [3.63, 3.8) is 0 Å². The van der Waals surface area contributed by atoms with E-state index in [-0.39, 0.29) is 0 Å². The number of hydrogen-bond acceptors (Lipinski definition) is 2. The van der Waals surface area contributed by atoms with Crippen LogP contribution < -0.4 is 0 Å². The molecule has 0 aliphatic rings. The molecule has 2 heteroatoms. The lowest BCUT2D eigenvalue weighted by Crippen LogP contribution is -2.31. The molecule has 0 aromatic heterocycles. The lowest BCUT2D eigenvalue weighted by atomic mass is 10.3. The largest absolute Gasteiger partial charge is 0.297 e. The Labute approximate surface area is 82.2 Å². The van der Waals surface area contributed by atoms with Crippen LogP contribution in [0.4, 0.5) is 0 Å². The summed E-state index contributed by atoms with van der Waals surface area (Å²) in [6, 6.07) is 0.648. The van der Waals surface area contributed by atoms with Gasteiger partial charge >= 0.3 is 0 Å². The summed E-state index contributed by atoms with van der Waals surface area (Å²) in [6.45, 7) is 8.95. The molecule has 0 fully saturated rings. The summed E-state index contributed by atoms with van der Waals surface area (Å²) in [7, 11) is 0. The monoisotopic (exact) mass is 187 g/mol. The van der Waals surface area contributed by atoms with Crippen molar-refractivity contribution >= 4 is 12.6 Å². The van der Waals surface area contributed by atoms with Crippen molar-refractivity contribution in [2.45, 2.75) is 33.2 Å². The van der Waals surface area contributed by atoms with Gasteiger partial charge in [-0.05, 0) is 26.8 Å². The van der Waals surface area contributed by atoms with Gasteiger partial charge in [0.25, 0.3) is 0 Å². The molecule has 0 unspecified atom stereocenters. The van der Waals surface area contributed by atoms with Crippen LogP contribution in [-0.2, 0) is 0 Å². The summed E-state index contributed by atoms with van der Waals surface area (Å²) in [6.07, 6.45) is 5.53. The molecule has 0 atom stereocenters. The first-order chi connectivity index (χ1) is 5.72. The fourth-order valence-corrected chi connectivity index (χ4v) is 1.28. The Hall–Kier alpha value is 0.0500. The number of rotatable bonds is 6. The molecule has 0 bridgehead atoms. The second-order valence-corrected chi connectivity index (χ2v) is 3.61. The van der Waals surface area contributed by atoms with Gasteiger partial charge in [0.15, 0.2) is 0 Å². The molecule has 0 saturated carbocycles. The topological polar surface area (TPSA) is 3.24 Å². The summed E-state index contributed by atoms with van der Waals surface area (Å²) in [5, 5.41) is 0. The molecule has 0 N–H and O–H groups in total. The average Bonchev–Trinajstić information content (AvgIpc) is 2.03. The van der Waals surface area contributed by atoms with Gasteiger partial charge in [-0.15, -0.1) is 0 Å². The molecule has 12 heavy (non-hydrogen) atoms. The van der Waals surface area contributed by atoms with Crippen molar-refractivity contribution in [1.29, 1.82) is 0 Å². The predicted molar refractivity (Wildman–Crippen MR) is 60.0 cm³/mol. The maximum atomic E-state index is 4.12. The zero-order chi connectivity index (χ0) is 9.40. The first-order valence-corrected chi connectivity index (χ1v) is 5.35. The molecule has 1 nitrogen and oxygen atoms in total. The highest BCUT2D eigenvalue weighted by Gasteiger charge is 2.04. The summed E-state index contributed by atoms with van der Waals surface area (Å²) in [4.78, 5) is 2.46. The van der Waals surface area contributed by atoms with Gasteiger partial charge in [-0.25, -0.2) is 0 Å². The Morgan fingerprint density at radius 2 is 2.00 bits per heavy atom. The fraction of sp³-hybridized carbons (Fsp3) is 0.800. The molecule has 0 aliphatic heterocycles. The van der Waals surface area contributed by atoms with E-state index in [9.17, 15) is 0 Å². The van der Waals surface area contributed by atoms with Crippen molar-refractivity contribution < 1.29 is 0 Å². The molecule has 0 aromatic rings. The minimum absolute atomic E-state index is 0.648. The minimum atomic E-state index is 0.648. The van der Waals surface area contributed by atoms with Gasteiger partial charge in [-0.2, -0.15) is 12.6 Å². The van der Waals surface area contributed by atoms with Crippen molar-refractivity contribution in [3.05, 3.63) is 12.2 Å². The van der Waals surface area contributed by atoms with Crippen LogP contribution in [0.25, 0.3) is 0 Å². The highest BCUT2D eigenvalue weighted by molar-refractivity contribution is 7.80. The summed E-state index contributed by atoms with van der Waals surface area (Å²) < 4.78 is 0. The lowest BCUT2D eigenvalue weighted by molar-refractivity contribution is 0.246. The third kappa shape index (κ3) is 5.67. The van der Waals surface area contributed by atoms with Crippen molar-refractivity contribution in [2.75, 3.05) is 18.8 Å². The van der Waals surface area contributed by atoms with Crippen LogP contribution in [0.1, 0.15) is 27.2 Å². The van der Waals surface area contributed by atoms with Gasteiger partial charge in [-0.3, -0.25) is 4.90 Å². The SMILES string of the molecule is CCCN(CC=CCS)C(C)C. The van der Waals surface area contributed by atoms with E-state index in [2.05, 4.69) is 50.5 Å². The van der Waals surface area contributed by atoms with Crippen molar-refractivity contribution in [3.8, 4) is 0 Å². The van der Waals surface area contributed by atoms with Crippen LogP contribution in [0.2, 0.25) is 0 Å². The molecule has 72 valence electrons. The fourth-order valence-electron chi connectivity index (χ4n) is 1.13. The number of hydrogen-bond donors (Lipinski definition) is 1. The predicted octanol–water partition coefficient (Wildman–Crippen LogP) is 2.59. The van der Waals surface area contributed by atoms with Crippen LogP contribution in [-0.4, -0.2) is 29.8 Å². The number of thiol groups is 1. The number of nitrogens with zero attached hydrogens (tertiary/aromatic N) is 1. The average molecular weight is 187 g/mol. The Bertz CT molecular complexity index is 121. The molecule has 0 aliphatic carbocycles. The molecular formula is C10H21NS. The summed E-state index contributed by atoms with van der Waals surface area (Å²) >= 11 is 4.12. The van der Waals surface area contributed by atoms with Gasteiger partial charge in [0.2, 0.25) is 0 Å². The first-order valence-electron chi connectivity index (χ1n) is 4.72. The van der Waals surface area contributed by atoms with Crippen LogP contribution in [0.3, 0.4) is 0 Å². The van der Waals surface area contributed by atoms with Gasteiger partial charge in [0.05, 0.1) is 0 Å². The molecule has 0 amide bonds. The van der Waals surface area contributed by atoms with Crippen molar-refractivity contribution in [2.24, 2.45) is 0 Å². The minimum Gasteiger partial charge on any atom is -0.297 e. The van der Waals surface area contributed by atoms with Gasteiger partial charge in [0.1, 0.15) is 0 Å². The second-order valence-electron chi connectivity index (χ2n) is 3.24. The van der Waals surface area contributed by atoms with Crippen LogP contribution in [0.5, 0.6) is 0 Å². The van der Waals surface area contributed by atoms with Crippen LogP contribution >= 0.6 is 12.6 Å². The third-order valence-corrected chi connectivity index (χ3v) is 2.06. The van der Waals surface area contributed by atoms with E-state index in [0.29, 0.717) is 6.04 Å². The maximum absolute atomic E-state index is 4.12. The lowest BCUT2D eigenvalue weighted by Gasteiger charge is -2.24. The van der Waals surface area contributed by atoms with E-state index in [0.717, 1.165) is 12.3 Å². The molecule has 0 spiro atoms. The molecule has 0 rings (SSSR count). The Morgan fingerprint density at radius 1 is 1.33 bits per heavy atom. The molecular weight excluding hydrogens is 166 g/mol. The van der Waals surface area contributed by atoms with Crippen LogP contribution in [0.15, 0.2) is 12.2 Å². The van der Waals surface area contributed by atoms with E-state index in [1.54, 1.807) is 0 Å². The third-order valence-electron chi connectivity index (χ3n) is 1.85. The smallest absolute Gasteiger partial charge is 0.0166 e. The Kier molecular flexibility index (Phi) is 7.72. The molecule has 0 radical (unpaired) electrons. The van der Waals surface area contributed by atoms with Gasteiger partial charge < -0.3 is 0 Å². The zero-order valence-corrected chi connectivity index (χ0v) is 9.35. The van der Waals surface area contributed by atoms with E-state index in [4.69, 9.17) is 0 Å². The molecule has 0 saturated heterocycles. The van der Waals surface area contributed by atoms with E-state index >= 15 is 0 Å². The summed E-state index contributed by atoms with van der Waals surface area (Å²) in [5.41, 5.74) is 0. The molecule has 0 aromatic carbocycles. The van der Waals surface area contributed by atoms with Gasteiger partial charge in [0, 0.05) is 18.3 Å². The highest BCUT2D eigenvalue weighted by Crippen LogP contribution is 1.99. The Balaban J connectivity index is 3.70. The van der Waals surface area contributed by atoms with E-state index in [1.807, 2.05) is 0 Å². The standard InChI is InChI=1S/C10H21NS/c1-4-7-11(10(2)3)8-5-6-9-12/h5-6,10,12H,4,7-9H2,1-3H3. The van der Waals surface area contributed by atoms with E-state index in [1.165, 1.54) is 13.0 Å². The van der Waals surface area contributed by atoms with E-state index < -0.39 is 0 Å². The Morgan fingerprint density at radius 3 is 2.42 bits per heavy atom. The quantitative estimate of drug-likeness (QED) is 0.494. The maximum Gasteiger partial charge on any atom is 0.0166 e.